The highest BCUT2D eigenvalue weighted by Crippen LogP contribution is 2.36. The lowest BCUT2D eigenvalue weighted by atomic mass is 9.81. The number of nitrogens with two attached hydrogens (primary N) is 1. The average Bonchev–Trinajstić information content (AvgIpc) is 3.25. The molecule has 7 nitrogen and oxygen atoms in total. The molecule has 0 atom stereocenters. The Morgan fingerprint density at radius 2 is 2.03 bits per heavy atom. The molecule has 2 fully saturated rings. The smallest absolute Gasteiger partial charge is 0.137 e. The van der Waals surface area contributed by atoms with E-state index in [2.05, 4.69) is 47.7 Å². The Morgan fingerprint density at radius 1 is 1.28 bits per heavy atom. The van der Waals surface area contributed by atoms with E-state index >= 15 is 0 Å². The Morgan fingerprint density at radius 3 is 2.72 bits per heavy atom. The summed E-state index contributed by atoms with van der Waals surface area (Å²) in [6, 6.07) is 3.02. The van der Waals surface area contributed by atoms with Crippen molar-refractivity contribution in [3.8, 4) is 0 Å². The fraction of sp³-hybridized carbons (Fsp3) is 0.560. The van der Waals surface area contributed by atoms with Crippen LogP contribution in [-0.2, 0) is 4.74 Å². The molecule has 2 aromatic heterocycles. The molecule has 3 heterocycles. The van der Waals surface area contributed by atoms with E-state index in [9.17, 15) is 0 Å². The number of morpholine rings is 1. The molecular formula is C25H38N6O. The van der Waals surface area contributed by atoms with E-state index in [1.165, 1.54) is 31.2 Å². The van der Waals surface area contributed by atoms with Crippen molar-refractivity contribution in [3.63, 3.8) is 0 Å². The maximum absolute atomic E-state index is 6.32. The van der Waals surface area contributed by atoms with Gasteiger partial charge in [-0.1, -0.05) is 12.7 Å². The lowest BCUT2D eigenvalue weighted by molar-refractivity contribution is 0.0352. The number of hydrogen-bond acceptors (Lipinski definition) is 6. The minimum absolute atomic E-state index is 0.585. The lowest BCUT2D eigenvalue weighted by Crippen LogP contribution is -2.41. The van der Waals surface area contributed by atoms with E-state index in [4.69, 9.17) is 15.6 Å². The van der Waals surface area contributed by atoms with Gasteiger partial charge in [0.05, 0.1) is 13.2 Å². The standard InChI is InChI=1S/C25H38N6O/c1-4-19(18-31(26)10-9-30-11-13-32-14-12-30)24-17-28-25-23(24)15-21(16-27-25)20-5-7-22(8-6-20)29(2)3/h4,15-18,20,22H,1,5-14,26H2,2-3H3,(H,27,28)/b19-18+. The number of allylic oxidation sites excluding steroid dienone is 2. The molecule has 2 aromatic rings. The zero-order valence-corrected chi connectivity index (χ0v) is 19.6. The fourth-order valence-electron chi connectivity index (χ4n) is 4.96. The molecule has 1 saturated carbocycles. The van der Waals surface area contributed by atoms with Crippen LogP contribution < -0.4 is 5.84 Å². The van der Waals surface area contributed by atoms with Crippen LogP contribution in [0.2, 0.25) is 0 Å². The third-order valence-electron chi connectivity index (χ3n) is 7.06. The number of aromatic nitrogens is 2. The van der Waals surface area contributed by atoms with Gasteiger partial charge in [0, 0.05) is 67.3 Å². The van der Waals surface area contributed by atoms with Crippen LogP contribution >= 0.6 is 0 Å². The summed E-state index contributed by atoms with van der Waals surface area (Å²) in [7, 11) is 4.38. The lowest BCUT2D eigenvalue weighted by Gasteiger charge is -2.32. The van der Waals surface area contributed by atoms with Crippen LogP contribution in [0, 0.1) is 0 Å². The number of pyridine rings is 1. The van der Waals surface area contributed by atoms with Gasteiger partial charge in [-0.05, 0) is 57.3 Å². The monoisotopic (exact) mass is 438 g/mol. The van der Waals surface area contributed by atoms with Crippen molar-refractivity contribution in [1.29, 1.82) is 0 Å². The maximum Gasteiger partial charge on any atom is 0.137 e. The number of rotatable bonds is 8. The number of ether oxygens (including phenoxy) is 1. The number of fused-ring (bicyclic) bond motifs is 1. The molecule has 3 N–H and O–H groups in total. The summed E-state index contributed by atoms with van der Waals surface area (Å²) >= 11 is 0. The summed E-state index contributed by atoms with van der Waals surface area (Å²) in [6.07, 6.45) is 12.9. The minimum atomic E-state index is 0.585. The molecular weight excluding hydrogens is 400 g/mol. The van der Waals surface area contributed by atoms with Gasteiger partial charge in [-0.15, -0.1) is 0 Å². The highest BCUT2D eigenvalue weighted by molar-refractivity contribution is 5.93. The second kappa shape index (κ2) is 10.6. The molecule has 4 rings (SSSR count). The number of H-pyrrole nitrogens is 1. The zero-order valence-electron chi connectivity index (χ0n) is 19.6. The Balaban J connectivity index is 1.47. The summed E-state index contributed by atoms with van der Waals surface area (Å²) in [5.74, 6) is 6.91. The van der Waals surface area contributed by atoms with Gasteiger partial charge in [-0.25, -0.2) is 10.8 Å². The van der Waals surface area contributed by atoms with Crippen LogP contribution in [0.25, 0.3) is 16.6 Å². The van der Waals surface area contributed by atoms with Crippen LogP contribution in [0.3, 0.4) is 0 Å². The maximum atomic E-state index is 6.32. The van der Waals surface area contributed by atoms with Gasteiger partial charge in [0.25, 0.3) is 0 Å². The van der Waals surface area contributed by atoms with Crippen molar-refractivity contribution in [1.82, 2.24) is 24.8 Å². The molecule has 0 aromatic carbocycles. The summed E-state index contributed by atoms with van der Waals surface area (Å²) in [4.78, 5) is 12.8. The molecule has 0 spiro atoms. The van der Waals surface area contributed by atoms with E-state index < -0.39 is 0 Å². The van der Waals surface area contributed by atoms with E-state index in [1.54, 1.807) is 5.01 Å². The first kappa shape index (κ1) is 23.0. The van der Waals surface area contributed by atoms with Gasteiger partial charge < -0.3 is 19.6 Å². The summed E-state index contributed by atoms with van der Waals surface area (Å²) in [5.41, 5.74) is 4.37. The highest BCUT2D eigenvalue weighted by atomic mass is 16.5. The molecule has 1 saturated heterocycles. The number of aromatic amines is 1. The topological polar surface area (TPSA) is 73.6 Å². The van der Waals surface area contributed by atoms with Gasteiger partial charge in [-0.2, -0.15) is 0 Å². The second-order valence-corrected chi connectivity index (χ2v) is 9.32. The van der Waals surface area contributed by atoms with Crippen molar-refractivity contribution >= 4 is 16.6 Å². The Kier molecular flexibility index (Phi) is 7.63. The third-order valence-corrected chi connectivity index (χ3v) is 7.06. The number of nitrogens with one attached hydrogen (secondary N) is 1. The van der Waals surface area contributed by atoms with Crippen LogP contribution in [0.5, 0.6) is 0 Å². The molecule has 0 amide bonds. The Bertz CT molecular complexity index is 922. The first-order chi connectivity index (χ1) is 15.5. The van der Waals surface area contributed by atoms with E-state index in [0.29, 0.717) is 12.0 Å². The molecule has 7 heteroatoms. The molecule has 0 radical (unpaired) electrons. The van der Waals surface area contributed by atoms with Crippen LogP contribution in [-0.4, -0.2) is 84.3 Å². The van der Waals surface area contributed by atoms with Crippen molar-refractivity contribution < 1.29 is 4.74 Å². The molecule has 0 bridgehead atoms. The molecule has 1 aliphatic carbocycles. The predicted molar refractivity (Wildman–Crippen MR) is 131 cm³/mol. The van der Waals surface area contributed by atoms with Crippen LogP contribution in [0.4, 0.5) is 0 Å². The normalized spacial score (nSPS) is 23.1. The third kappa shape index (κ3) is 5.41. The Labute approximate surface area is 191 Å². The van der Waals surface area contributed by atoms with Crippen LogP contribution in [0.15, 0.2) is 37.3 Å². The second-order valence-electron chi connectivity index (χ2n) is 9.32. The average molecular weight is 439 g/mol. The first-order valence-corrected chi connectivity index (χ1v) is 11.8. The predicted octanol–water partition coefficient (Wildman–Crippen LogP) is 3.19. The van der Waals surface area contributed by atoms with E-state index in [1.807, 2.05) is 18.5 Å². The SMILES string of the molecule is C=C/C(=C\N(N)CCN1CCOCC1)c1c[nH]c2ncc(C3CCC(N(C)C)CC3)cc12. The molecule has 174 valence electrons. The van der Waals surface area contributed by atoms with Crippen molar-refractivity contribution in [2.75, 3.05) is 53.5 Å². The van der Waals surface area contributed by atoms with Gasteiger partial charge in [0.15, 0.2) is 0 Å². The quantitative estimate of drug-likeness (QED) is 0.375. The highest BCUT2D eigenvalue weighted by Gasteiger charge is 2.24. The molecule has 0 unspecified atom stereocenters. The van der Waals surface area contributed by atoms with Gasteiger partial charge in [0.1, 0.15) is 5.65 Å². The fourth-order valence-corrected chi connectivity index (χ4v) is 4.96. The summed E-state index contributed by atoms with van der Waals surface area (Å²) in [5, 5.41) is 2.91. The van der Waals surface area contributed by atoms with Gasteiger partial charge in [0.2, 0.25) is 0 Å². The molecule has 1 aliphatic heterocycles. The molecule has 2 aliphatic rings. The first-order valence-electron chi connectivity index (χ1n) is 11.8. The summed E-state index contributed by atoms with van der Waals surface area (Å²) < 4.78 is 5.42. The largest absolute Gasteiger partial charge is 0.379 e. The van der Waals surface area contributed by atoms with Crippen molar-refractivity contribution in [2.24, 2.45) is 5.84 Å². The van der Waals surface area contributed by atoms with Crippen molar-refractivity contribution in [3.05, 3.63) is 48.4 Å². The van der Waals surface area contributed by atoms with Crippen LogP contribution in [0.1, 0.15) is 42.7 Å². The van der Waals surface area contributed by atoms with E-state index in [-0.39, 0.29) is 0 Å². The zero-order chi connectivity index (χ0) is 22.5. The van der Waals surface area contributed by atoms with Gasteiger partial charge >= 0.3 is 0 Å². The number of nitrogens with zero attached hydrogens (tertiary/aromatic N) is 4. The van der Waals surface area contributed by atoms with Crippen molar-refractivity contribution in [2.45, 2.75) is 37.6 Å². The van der Waals surface area contributed by atoms with Gasteiger partial charge in [-0.3, -0.25) is 4.90 Å². The summed E-state index contributed by atoms with van der Waals surface area (Å²) in [6.45, 7) is 9.29. The Hall–Kier alpha value is -2.19. The number of hydrazine groups is 1. The molecule has 32 heavy (non-hydrogen) atoms. The number of hydrogen-bond donors (Lipinski definition) is 2. The van der Waals surface area contributed by atoms with E-state index in [0.717, 1.165) is 61.6 Å². The minimum Gasteiger partial charge on any atom is -0.379 e.